The normalized spacial score (nSPS) is 10.9. The third-order valence-electron chi connectivity index (χ3n) is 1.82. The zero-order valence-electron chi connectivity index (χ0n) is 9.42. The van der Waals surface area contributed by atoms with E-state index >= 15 is 0 Å². The summed E-state index contributed by atoms with van der Waals surface area (Å²) in [6.45, 7) is 1.79. The van der Waals surface area contributed by atoms with E-state index in [0.29, 0.717) is 0 Å². The first-order valence-corrected chi connectivity index (χ1v) is 5.33. The SMILES string of the molecule is CCOC(=O)C(Cl)=NNc1ccccc1[N+](=O)[O-]. The first kappa shape index (κ1) is 13.9. The number of hydrogen-bond acceptors (Lipinski definition) is 6. The van der Waals surface area contributed by atoms with Crippen LogP contribution in [0.15, 0.2) is 29.4 Å². The number of halogens is 1. The molecule has 0 aromatic heterocycles. The highest BCUT2D eigenvalue weighted by molar-refractivity contribution is 6.82. The molecule has 1 aromatic rings. The zero-order chi connectivity index (χ0) is 13.5. The maximum absolute atomic E-state index is 11.1. The minimum Gasteiger partial charge on any atom is -0.461 e. The van der Waals surface area contributed by atoms with E-state index < -0.39 is 16.1 Å². The molecule has 0 aliphatic heterocycles. The highest BCUT2D eigenvalue weighted by atomic mass is 35.5. The van der Waals surface area contributed by atoms with Gasteiger partial charge in [-0.1, -0.05) is 23.7 Å². The van der Waals surface area contributed by atoms with Gasteiger partial charge in [0.05, 0.1) is 11.5 Å². The van der Waals surface area contributed by atoms with Crippen molar-refractivity contribution in [2.24, 2.45) is 5.10 Å². The molecule has 0 saturated carbocycles. The Bertz CT molecular complexity index is 490. The Morgan fingerprint density at radius 2 is 2.22 bits per heavy atom. The van der Waals surface area contributed by atoms with Crippen molar-refractivity contribution in [1.29, 1.82) is 0 Å². The lowest BCUT2D eigenvalue weighted by molar-refractivity contribution is -0.384. The van der Waals surface area contributed by atoms with E-state index in [4.69, 9.17) is 11.6 Å². The number of nitrogens with one attached hydrogen (secondary N) is 1. The van der Waals surface area contributed by atoms with Gasteiger partial charge in [-0.3, -0.25) is 15.5 Å². The van der Waals surface area contributed by atoms with Crippen molar-refractivity contribution in [2.45, 2.75) is 6.92 Å². The fraction of sp³-hybridized carbons (Fsp3) is 0.200. The summed E-state index contributed by atoms with van der Waals surface area (Å²) in [4.78, 5) is 21.2. The Hall–Kier alpha value is -2.15. The van der Waals surface area contributed by atoms with Crippen molar-refractivity contribution in [3.63, 3.8) is 0 Å². The Morgan fingerprint density at radius 1 is 1.56 bits per heavy atom. The summed E-state index contributed by atoms with van der Waals surface area (Å²) in [7, 11) is 0. The van der Waals surface area contributed by atoms with E-state index in [1.807, 2.05) is 0 Å². The second kappa shape index (κ2) is 6.55. The number of nitro groups is 1. The number of nitro benzene ring substituents is 1. The number of carbonyl (C=O) groups excluding carboxylic acids is 1. The van der Waals surface area contributed by atoms with E-state index in [1.165, 1.54) is 18.2 Å². The van der Waals surface area contributed by atoms with Crippen LogP contribution in [0.1, 0.15) is 6.92 Å². The Morgan fingerprint density at radius 3 is 2.83 bits per heavy atom. The van der Waals surface area contributed by atoms with Gasteiger partial charge in [0.1, 0.15) is 5.69 Å². The maximum Gasteiger partial charge on any atom is 0.370 e. The number of ether oxygens (including phenoxy) is 1. The van der Waals surface area contributed by atoms with Crippen LogP contribution in [0.3, 0.4) is 0 Å². The predicted octanol–water partition coefficient (Wildman–Crippen LogP) is 2.12. The molecule has 96 valence electrons. The molecule has 0 heterocycles. The molecule has 1 aromatic carbocycles. The van der Waals surface area contributed by atoms with E-state index in [2.05, 4.69) is 15.3 Å². The molecule has 0 bridgehead atoms. The van der Waals surface area contributed by atoms with Gasteiger partial charge >= 0.3 is 5.97 Å². The Balaban J connectivity index is 2.83. The summed E-state index contributed by atoms with van der Waals surface area (Å²) in [5, 5.41) is 13.8. The van der Waals surface area contributed by atoms with Gasteiger partial charge in [-0.2, -0.15) is 5.10 Å². The summed E-state index contributed by atoms with van der Waals surface area (Å²) < 4.78 is 4.59. The van der Waals surface area contributed by atoms with Crippen molar-refractivity contribution in [3.05, 3.63) is 34.4 Å². The lowest BCUT2D eigenvalue weighted by Crippen LogP contribution is -2.13. The summed E-state index contributed by atoms with van der Waals surface area (Å²) in [5.74, 6) is -0.801. The second-order valence-corrected chi connectivity index (χ2v) is 3.37. The molecule has 0 unspecified atom stereocenters. The molecule has 1 N–H and O–H groups in total. The molecule has 8 heteroatoms. The van der Waals surface area contributed by atoms with Crippen molar-refractivity contribution in [2.75, 3.05) is 12.0 Å². The topological polar surface area (TPSA) is 93.8 Å². The third-order valence-corrected chi connectivity index (χ3v) is 2.06. The van der Waals surface area contributed by atoms with Crippen LogP contribution in [0.2, 0.25) is 0 Å². The zero-order valence-corrected chi connectivity index (χ0v) is 10.2. The van der Waals surface area contributed by atoms with Crippen LogP contribution >= 0.6 is 11.6 Å². The maximum atomic E-state index is 11.1. The number of para-hydroxylation sites is 2. The van der Waals surface area contributed by atoms with Crippen molar-refractivity contribution < 1.29 is 14.5 Å². The highest BCUT2D eigenvalue weighted by Crippen LogP contribution is 2.23. The minimum absolute atomic E-state index is 0.130. The molecule has 0 amide bonds. The molecule has 7 nitrogen and oxygen atoms in total. The van der Waals surface area contributed by atoms with E-state index in [0.717, 1.165) is 0 Å². The number of anilines is 1. The van der Waals surface area contributed by atoms with E-state index in [1.54, 1.807) is 13.0 Å². The minimum atomic E-state index is -0.801. The lowest BCUT2D eigenvalue weighted by atomic mass is 10.3. The standard InChI is InChI=1S/C10H10ClN3O4/c1-2-18-10(15)9(11)13-12-7-5-3-4-6-8(7)14(16)17/h3-6,12H,2H2,1H3. The number of benzene rings is 1. The number of rotatable bonds is 5. The molecule has 0 saturated heterocycles. The molecule has 0 atom stereocenters. The van der Waals surface area contributed by atoms with Gasteiger partial charge in [0.25, 0.3) is 5.69 Å². The van der Waals surface area contributed by atoms with Gasteiger partial charge in [-0.05, 0) is 13.0 Å². The fourth-order valence-electron chi connectivity index (χ4n) is 1.07. The Kier molecular flexibility index (Phi) is 5.06. The number of esters is 1. The summed E-state index contributed by atoms with van der Waals surface area (Å²) in [5.41, 5.74) is 2.31. The molecule has 1 rings (SSSR count). The third kappa shape index (κ3) is 3.70. The average molecular weight is 272 g/mol. The van der Waals surface area contributed by atoms with Gasteiger partial charge in [0.15, 0.2) is 0 Å². The molecular formula is C10H10ClN3O4. The molecule has 0 aliphatic rings. The van der Waals surface area contributed by atoms with Crippen LogP contribution in [0, 0.1) is 10.1 Å². The number of hydrazone groups is 1. The van der Waals surface area contributed by atoms with Crippen molar-refractivity contribution >= 4 is 34.1 Å². The van der Waals surface area contributed by atoms with Crippen molar-refractivity contribution in [3.8, 4) is 0 Å². The van der Waals surface area contributed by atoms with Crippen LogP contribution in [0.4, 0.5) is 11.4 Å². The van der Waals surface area contributed by atoms with E-state index in [-0.39, 0.29) is 18.0 Å². The van der Waals surface area contributed by atoms with Crippen LogP contribution in [0.5, 0.6) is 0 Å². The summed E-state index contributed by atoms with van der Waals surface area (Å²) in [6.07, 6.45) is 0. The molecule has 0 fully saturated rings. The predicted molar refractivity (Wildman–Crippen MR) is 66.6 cm³/mol. The first-order chi connectivity index (χ1) is 8.56. The van der Waals surface area contributed by atoms with Gasteiger partial charge < -0.3 is 4.74 Å². The van der Waals surface area contributed by atoms with Crippen LogP contribution in [-0.2, 0) is 9.53 Å². The number of hydrogen-bond donors (Lipinski definition) is 1. The average Bonchev–Trinajstić information content (AvgIpc) is 2.36. The first-order valence-electron chi connectivity index (χ1n) is 4.96. The van der Waals surface area contributed by atoms with Gasteiger partial charge in [0, 0.05) is 6.07 Å². The molecule has 0 radical (unpaired) electrons. The van der Waals surface area contributed by atoms with Crippen LogP contribution in [0.25, 0.3) is 0 Å². The van der Waals surface area contributed by atoms with Gasteiger partial charge in [-0.25, -0.2) is 4.79 Å². The second-order valence-electron chi connectivity index (χ2n) is 3.01. The number of carbonyl (C=O) groups is 1. The summed E-state index contributed by atoms with van der Waals surface area (Å²) in [6, 6.07) is 5.84. The summed E-state index contributed by atoms with van der Waals surface area (Å²) >= 11 is 5.53. The molecular weight excluding hydrogens is 262 g/mol. The monoisotopic (exact) mass is 271 g/mol. The highest BCUT2D eigenvalue weighted by Gasteiger charge is 2.13. The van der Waals surface area contributed by atoms with Crippen LogP contribution in [-0.4, -0.2) is 22.7 Å². The molecule has 18 heavy (non-hydrogen) atoms. The van der Waals surface area contributed by atoms with Gasteiger partial charge in [-0.15, -0.1) is 0 Å². The number of nitrogens with zero attached hydrogens (tertiary/aromatic N) is 2. The molecule has 0 aliphatic carbocycles. The van der Waals surface area contributed by atoms with Crippen molar-refractivity contribution in [1.82, 2.24) is 0 Å². The van der Waals surface area contributed by atoms with Crippen LogP contribution < -0.4 is 5.43 Å². The lowest BCUT2D eigenvalue weighted by Gasteiger charge is -2.02. The molecule has 0 spiro atoms. The van der Waals surface area contributed by atoms with Gasteiger partial charge in [0.2, 0.25) is 5.17 Å². The smallest absolute Gasteiger partial charge is 0.370 e. The Labute approximate surface area is 108 Å². The largest absolute Gasteiger partial charge is 0.461 e. The quantitative estimate of drug-likeness (QED) is 0.383. The fourth-order valence-corrected chi connectivity index (χ4v) is 1.17. The van der Waals surface area contributed by atoms with E-state index in [9.17, 15) is 14.9 Å².